The zero-order valence-corrected chi connectivity index (χ0v) is 14.9. The number of hydrogen-bond donors (Lipinski definition) is 0. The average molecular weight is 340 g/mol. The van der Waals surface area contributed by atoms with Gasteiger partial charge in [-0.25, -0.2) is 4.99 Å². The minimum absolute atomic E-state index is 0.528. The first kappa shape index (κ1) is 18.1. The molecule has 0 aromatic carbocycles. The number of nitrogens with zero attached hydrogens (tertiary/aromatic N) is 1. The van der Waals surface area contributed by atoms with E-state index < -0.39 is 0 Å². The van der Waals surface area contributed by atoms with Crippen molar-refractivity contribution in [3.8, 4) is 0 Å². The van der Waals surface area contributed by atoms with Crippen LogP contribution in [0.2, 0.25) is 0 Å². The summed E-state index contributed by atoms with van der Waals surface area (Å²) in [6.45, 7) is 8.12. The molecule has 21 heavy (non-hydrogen) atoms. The molecule has 1 nitrogen and oxygen atoms in total. The van der Waals surface area contributed by atoms with Crippen molar-refractivity contribution >= 4 is 40.0 Å². The number of hydrogen-bond acceptors (Lipinski definition) is 2. The van der Waals surface area contributed by atoms with Crippen LogP contribution in [-0.4, -0.2) is 11.3 Å². The molecule has 1 aliphatic rings. The highest BCUT2D eigenvalue weighted by Crippen LogP contribution is 2.28. The van der Waals surface area contributed by atoms with Crippen molar-refractivity contribution in [2.75, 3.05) is 6.26 Å². The fourth-order valence-electron chi connectivity index (χ4n) is 1.91. The van der Waals surface area contributed by atoms with Gasteiger partial charge in [0.05, 0.1) is 0 Å². The maximum absolute atomic E-state index is 6.21. The van der Waals surface area contributed by atoms with Gasteiger partial charge in [-0.3, -0.25) is 0 Å². The Morgan fingerprint density at radius 2 is 2.00 bits per heavy atom. The van der Waals surface area contributed by atoms with Crippen molar-refractivity contribution in [2.24, 2.45) is 4.99 Å². The second-order valence-electron chi connectivity index (χ2n) is 4.29. The van der Waals surface area contributed by atoms with Crippen molar-refractivity contribution in [2.45, 2.75) is 26.7 Å². The maximum atomic E-state index is 6.21. The molecule has 0 spiro atoms. The predicted octanol–water partition coefficient (Wildman–Crippen LogP) is 6.35. The van der Waals surface area contributed by atoms with Crippen LogP contribution in [-0.2, 0) is 0 Å². The summed E-state index contributed by atoms with van der Waals surface area (Å²) in [6.07, 6.45) is 11.0. The van der Waals surface area contributed by atoms with Gasteiger partial charge >= 0.3 is 0 Å². The Labute approximate surface area is 141 Å². The Hall–Kier alpha value is -0.920. The predicted molar refractivity (Wildman–Crippen MR) is 98.2 cm³/mol. The Morgan fingerprint density at radius 1 is 1.33 bits per heavy atom. The van der Waals surface area contributed by atoms with E-state index in [1.165, 1.54) is 5.57 Å². The monoisotopic (exact) mass is 339 g/mol. The van der Waals surface area contributed by atoms with Gasteiger partial charge in [0.25, 0.3) is 0 Å². The Kier molecular flexibility index (Phi) is 7.92. The van der Waals surface area contributed by atoms with Crippen LogP contribution in [0.3, 0.4) is 0 Å². The van der Waals surface area contributed by atoms with E-state index in [1.54, 1.807) is 30.0 Å². The number of aliphatic imine (C=N–C) groups is 1. The highest BCUT2D eigenvalue weighted by molar-refractivity contribution is 8.13. The molecule has 0 fully saturated rings. The molecule has 0 aromatic rings. The highest BCUT2D eigenvalue weighted by Gasteiger charge is 2.13. The van der Waals surface area contributed by atoms with Crippen molar-refractivity contribution in [3.05, 3.63) is 63.5 Å². The number of allylic oxidation sites excluding steroid dienone is 6. The molecule has 1 aliphatic carbocycles. The van der Waals surface area contributed by atoms with Crippen molar-refractivity contribution in [1.82, 2.24) is 0 Å². The quantitative estimate of drug-likeness (QED) is 0.246. The van der Waals surface area contributed by atoms with Crippen molar-refractivity contribution in [3.63, 3.8) is 0 Å². The fraction of sp³-hybridized carbons (Fsp3) is 0.294. The van der Waals surface area contributed by atoms with Gasteiger partial charge in [0.1, 0.15) is 10.7 Å². The largest absolute Gasteiger partial charge is 0.233 e. The standard InChI is InChI=1S/C17H19Cl2NS/c1-5-13(6-2)16(12(3)18)17(21-4)20-15-9-7-8-14(19)10-11-15/h7-8,10-11H,3,5-6H2,1-2,4H3. The smallest absolute Gasteiger partial charge is 0.106 e. The second-order valence-corrected chi connectivity index (χ2v) is 5.98. The van der Waals surface area contributed by atoms with Gasteiger partial charge in [0.15, 0.2) is 0 Å². The molecule has 0 aliphatic heterocycles. The van der Waals surface area contributed by atoms with Crippen LogP contribution in [0.4, 0.5) is 0 Å². The summed E-state index contributed by atoms with van der Waals surface area (Å²) >= 11 is 13.7. The lowest BCUT2D eigenvalue weighted by Crippen LogP contribution is -2.03. The normalized spacial score (nSPS) is 14.4. The van der Waals surface area contributed by atoms with Gasteiger partial charge in [-0.15, -0.1) is 11.8 Å². The van der Waals surface area contributed by atoms with Crippen molar-refractivity contribution < 1.29 is 0 Å². The second kappa shape index (κ2) is 9.17. The van der Waals surface area contributed by atoms with E-state index in [0.29, 0.717) is 15.8 Å². The van der Waals surface area contributed by atoms with E-state index >= 15 is 0 Å². The lowest BCUT2D eigenvalue weighted by Gasteiger charge is -2.13. The molecule has 1 rings (SSSR count). The van der Waals surface area contributed by atoms with Crippen LogP contribution < -0.4 is 0 Å². The molecule has 0 unspecified atom stereocenters. The van der Waals surface area contributed by atoms with Gasteiger partial charge in [-0.2, -0.15) is 0 Å². The summed E-state index contributed by atoms with van der Waals surface area (Å²) < 4.78 is 0. The molecular formula is C17H19Cl2NS. The lowest BCUT2D eigenvalue weighted by molar-refractivity contribution is 0.969. The third-order valence-corrected chi connectivity index (χ3v) is 4.10. The van der Waals surface area contributed by atoms with E-state index in [0.717, 1.165) is 23.5 Å². The third kappa shape index (κ3) is 5.41. The molecule has 0 radical (unpaired) electrons. The minimum Gasteiger partial charge on any atom is -0.233 e. The molecule has 0 bridgehead atoms. The number of rotatable bonds is 5. The molecule has 112 valence electrons. The summed E-state index contributed by atoms with van der Waals surface area (Å²) in [5, 5.41) is 2.03. The number of halogens is 2. The minimum atomic E-state index is 0.528. The third-order valence-electron chi connectivity index (χ3n) is 2.98. The van der Waals surface area contributed by atoms with Crippen LogP contribution in [0.5, 0.6) is 0 Å². The van der Waals surface area contributed by atoms with Gasteiger partial charge in [-0.05, 0) is 43.4 Å². The molecule has 0 heterocycles. The van der Waals surface area contributed by atoms with E-state index in [-0.39, 0.29) is 0 Å². The summed E-state index contributed by atoms with van der Waals surface area (Å²) in [7, 11) is 0. The van der Waals surface area contributed by atoms with Gasteiger partial charge in [0, 0.05) is 15.6 Å². The molecule has 0 aromatic heterocycles. The van der Waals surface area contributed by atoms with Crippen LogP contribution in [0, 0.1) is 0 Å². The molecule has 0 atom stereocenters. The molecule has 4 heteroatoms. The topological polar surface area (TPSA) is 12.4 Å². The number of thioether (sulfide) groups is 1. The fourth-order valence-corrected chi connectivity index (χ4v) is 2.98. The van der Waals surface area contributed by atoms with E-state index in [1.807, 2.05) is 12.3 Å². The summed E-state index contributed by atoms with van der Waals surface area (Å²) in [5.41, 5.74) is 6.01. The van der Waals surface area contributed by atoms with Crippen LogP contribution in [0.25, 0.3) is 0 Å². The first-order valence-electron chi connectivity index (χ1n) is 6.73. The van der Waals surface area contributed by atoms with Gasteiger partial charge in [0.2, 0.25) is 0 Å². The van der Waals surface area contributed by atoms with Gasteiger partial charge < -0.3 is 0 Å². The molecular weight excluding hydrogens is 321 g/mol. The summed E-state index contributed by atoms with van der Waals surface area (Å²) in [4.78, 5) is 4.66. The first-order chi connectivity index (χ1) is 10.0. The van der Waals surface area contributed by atoms with Crippen LogP contribution in [0.1, 0.15) is 26.7 Å². The van der Waals surface area contributed by atoms with Crippen LogP contribution >= 0.6 is 35.0 Å². The zero-order chi connectivity index (χ0) is 15.8. The summed E-state index contributed by atoms with van der Waals surface area (Å²) in [6, 6.07) is 0. The van der Waals surface area contributed by atoms with E-state index in [9.17, 15) is 0 Å². The SMILES string of the molecule is C=C(Cl)C(C(=NC1=C=CC=C(Cl)C=C1)SC)=C(CC)CC. The zero-order valence-electron chi connectivity index (χ0n) is 12.5. The lowest BCUT2D eigenvalue weighted by atomic mass is 10.0. The van der Waals surface area contributed by atoms with E-state index in [4.69, 9.17) is 23.2 Å². The summed E-state index contributed by atoms with van der Waals surface area (Å²) in [5.74, 6) is 0. The first-order valence-corrected chi connectivity index (χ1v) is 8.71. The molecule has 0 amide bonds. The van der Waals surface area contributed by atoms with Crippen molar-refractivity contribution in [1.29, 1.82) is 0 Å². The van der Waals surface area contributed by atoms with Crippen LogP contribution in [0.15, 0.2) is 68.5 Å². The highest BCUT2D eigenvalue weighted by atomic mass is 35.5. The Balaban J connectivity index is 3.32. The average Bonchev–Trinajstić information content (AvgIpc) is 2.67. The Bertz CT molecular complexity index is 594. The molecule has 0 saturated heterocycles. The van der Waals surface area contributed by atoms with Gasteiger partial charge in [-0.1, -0.05) is 54.9 Å². The molecule has 0 saturated carbocycles. The van der Waals surface area contributed by atoms with E-state index in [2.05, 4.69) is 31.2 Å². The molecule has 0 N–H and O–H groups in total. The Morgan fingerprint density at radius 3 is 2.52 bits per heavy atom. The maximum Gasteiger partial charge on any atom is 0.106 e.